The van der Waals surface area contributed by atoms with Crippen LogP contribution in [0, 0.1) is 17.3 Å². The SMILES string of the molecule is COC1CCC(C(C)(C)C2CCC(OC(C)(C)C)CC2)CC1. The van der Waals surface area contributed by atoms with Crippen LogP contribution >= 0.6 is 0 Å². The zero-order chi connectivity index (χ0) is 16.4. The van der Waals surface area contributed by atoms with E-state index in [1.54, 1.807) is 0 Å². The fourth-order valence-corrected chi connectivity index (χ4v) is 4.80. The predicted molar refractivity (Wildman–Crippen MR) is 93.1 cm³/mol. The number of hydrogen-bond acceptors (Lipinski definition) is 2. The molecule has 2 nitrogen and oxygen atoms in total. The molecule has 2 aliphatic rings. The van der Waals surface area contributed by atoms with Gasteiger partial charge in [0.1, 0.15) is 0 Å². The van der Waals surface area contributed by atoms with E-state index < -0.39 is 0 Å². The van der Waals surface area contributed by atoms with E-state index in [9.17, 15) is 0 Å². The Balaban J connectivity index is 1.84. The molecule has 0 aromatic rings. The molecule has 0 heterocycles. The lowest BCUT2D eigenvalue weighted by Crippen LogP contribution is -2.40. The van der Waals surface area contributed by atoms with Gasteiger partial charge in [0.25, 0.3) is 0 Å². The van der Waals surface area contributed by atoms with Crippen LogP contribution in [-0.4, -0.2) is 24.9 Å². The fourth-order valence-electron chi connectivity index (χ4n) is 4.80. The van der Waals surface area contributed by atoms with Crippen molar-refractivity contribution in [2.24, 2.45) is 17.3 Å². The van der Waals surface area contributed by atoms with Crippen LogP contribution < -0.4 is 0 Å². The lowest BCUT2D eigenvalue weighted by Gasteiger charge is -2.47. The Morgan fingerprint density at radius 3 is 1.41 bits per heavy atom. The average molecular weight is 311 g/mol. The van der Waals surface area contributed by atoms with Crippen LogP contribution in [0.4, 0.5) is 0 Å². The van der Waals surface area contributed by atoms with Crippen molar-refractivity contribution >= 4 is 0 Å². The largest absolute Gasteiger partial charge is 0.381 e. The van der Waals surface area contributed by atoms with E-state index in [1.807, 2.05) is 7.11 Å². The molecule has 0 N–H and O–H groups in total. The molecular weight excluding hydrogens is 272 g/mol. The van der Waals surface area contributed by atoms with Crippen molar-refractivity contribution in [3.8, 4) is 0 Å². The number of hydrogen-bond donors (Lipinski definition) is 0. The number of rotatable bonds is 4. The second kappa shape index (κ2) is 7.21. The summed E-state index contributed by atoms with van der Waals surface area (Å²) in [6.45, 7) is 11.6. The zero-order valence-electron chi connectivity index (χ0n) is 15.8. The standard InChI is InChI=1S/C20H38O2/c1-19(2,3)22-18-13-9-16(10-14-18)20(4,5)15-7-11-17(21-6)12-8-15/h15-18H,7-14H2,1-6H3. The Morgan fingerprint density at radius 1 is 0.636 bits per heavy atom. The van der Waals surface area contributed by atoms with E-state index in [0.29, 0.717) is 17.6 Å². The van der Waals surface area contributed by atoms with Gasteiger partial charge in [-0.2, -0.15) is 0 Å². The maximum absolute atomic E-state index is 6.20. The van der Waals surface area contributed by atoms with Crippen LogP contribution in [0.3, 0.4) is 0 Å². The third-order valence-electron chi connectivity index (χ3n) is 6.31. The van der Waals surface area contributed by atoms with Crippen molar-refractivity contribution in [2.45, 2.75) is 104 Å². The minimum absolute atomic E-state index is 0.00551. The van der Waals surface area contributed by atoms with Crippen LogP contribution in [0.15, 0.2) is 0 Å². The van der Waals surface area contributed by atoms with Crippen LogP contribution in [-0.2, 0) is 9.47 Å². The molecule has 0 radical (unpaired) electrons. The Bertz CT molecular complexity index is 326. The molecule has 0 unspecified atom stereocenters. The second-order valence-corrected chi connectivity index (χ2v) is 9.23. The van der Waals surface area contributed by atoms with Gasteiger partial charge in [-0.15, -0.1) is 0 Å². The highest BCUT2D eigenvalue weighted by atomic mass is 16.5. The fraction of sp³-hybridized carbons (Fsp3) is 1.00. The first kappa shape index (κ1) is 18.3. The summed E-state index contributed by atoms with van der Waals surface area (Å²) in [7, 11) is 1.87. The minimum atomic E-state index is 0.00551. The Hall–Kier alpha value is -0.0800. The van der Waals surface area contributed by atoms with E-state index in [-0.39, 0.29) is 5.60 Å². The van der Waals surface area contributed by atoms with Gasteiger partial charge in [-0.25, -0.2) is 0 Å². The molecule has 0 spiro atoms. The summed E-state index contributed by atoms with van der Waals surface area (Å²) in [4.78, 5) is 0. The van der Waals surface area contributed by atoms with E-state index in [0.717, 1.165) is 11.8 Å². The number of methoxy groups -OCH3 is 1. The Kier molecular flexibility index (Phi) is 5.99. The van der Waals surface area contributed by atoms with Crippen LogP contribution in [0.5, 0.6) is 0 Å². The van der Waals surface area contributed by atoms with Gasteiger partial charge < -0.3 is 9.47 Å². The van der Waals surface area contributed by atoms with Crippen molar-refractivity contribution in [1.82, 2.24) is 0 Å². The van der Waals surface area contributed by atoms with Crippen molar-refractivity contribution in [3.05, 3.63) is 0 Å². The molecule has 2 rings (SSSR count). The van der Waals surface area contributed by atoms with E-state index >= 15 is 0 Å². The molecule has 2 saturated carbocycles. The first-order chi connectivity index (χ1) is 10.2. The highest BCUT2D eigenvalue weighted by molar-refractivity contribution is 4.91. The van der Waals surface area contributed by atoms with Crippen molar-refractivity contribution in [3.63, 3.8) is 0 Å². The third-order valence-corrected chi connectivity index (χ3v) is 6.31. The van der Waals surface area contributed by atoms with Gasteiger partial charge in [0.2, 0.25) is 0 Å². The zero-order valence-corrected chi connectivity index (χ0v) is 15.8. The molecule has 0 amide bonds. The van der Waals surface area contributed by atoms with Gasteiger partial charge in [0.05, 0.1) is 17.8 Å². The summed E-state index contributed by atoms with van der Waals surface area (Å²) < 4.78 is 11.7. The maximum atomic E-state index is 6.20. The monoisotopic (exact) mass is 310 g/mol. The molecule has 0 aliphatic heterocycles. The average Bonchev–Trinajstić information content (AvgIpc) is 2.46. The van der Waals surface area contributed by atoms with Gasteiger partial charge in [0.15, 0.2) is 0 Å². The van der Waals surface area contributed by atoms with Gasteiger partial charge in [0, 0.05) is 7.11 Å². The molecule has 0 atom stereocenters. The van der Waals surface area contributed by atoms with Gasteiger partial charge in [-0.05, 0) is 89.4 Å². The molecule has 2 fully saturated rings. The van der Waals surface area contributed by atoms with Crippen LogP contribution in [0.25, 0.3) is 0 Å². The van der Waals surface area contributed by atoms with E-state index in [2.05, 4.69) is 34.6 Å². The summed E-state index contributed by atoms with van der Waals surface area (Å²) in [5.41, 5.74) is 0.483. The normalized spacial score (nSPS) is 34.6. The topological polar surface area (TPSA) is 18.5 Å². The Morgan fingerprint density at radius 2 is 1.05 bits per heavy atom. The molecule has 2 heteroatoms. The summed E-state index contributed by atoms with van der Waals surface area (Å²) in [6.07, 6.45) is 11.4. The van der Waals surface area contributed by atoms with E-state index in [1.165, 1.54) is 51.4 Å². The van der Waals surface area contributed by atoms with Gasteiger partial charge >= 0.3 is 0 Å². The predicted octanol–water partition coefficient (Wildman–Crippen LogP) is 5.59. The molecule has 2 aliphatic carbocycles. The van der Waals surface area contributed by atoms with Crippen LogP contribution in [0.1, 0.15) is 86.0 Å². The Labute approximate surface area is 138 Å². The van der Waals surface area contributed by atoms with Gasteiger partial charge in [-0.3, -0.25) is 0 Å². The maximum Gasteiger partial charge on any atom is 0.0602 e. The molecule has 22 heavy (non-hydrogen) atoms. The smallest absolute Gasteiger partial charge is 0.0602 e. The second-order valence-electron chi connectivity index (χ2n) is 9.23. The highest BCUT2D eigenvalue weighted by Crippen LogP contribution is 2.49. The molecular formula is C20H38O2. The van der Waals surface area contributed by atoms with Crippen LogP contribution in [0.2, 0.25) is 0 Å². The molecule has 0 saturated heterocycles. The summed E-state index contributed by atoms with van der Waals surface area (Å²) >= 11 is 0. The highest BCUT2D eigenvalue weighted by Gasteiger charge is 2.40. The first-order valence-electron chi connectivity index (χ1n) is 9.43. The summed E-state index contributed by atoms with van der Waals surface area (Å²) in [5, 5.41) is 0. The van der Waals surface area contributed by atoms with Crippen molar-refractivity contribution < 1.29 is 9.47 Å². The molecule has 0 aromatic heterocycles. The molecule has 0 aromatic carbocycles. The number of ether oxygens (including phenoxy) is 2. The summed E-state index contributed by atoms with van der Waals surface area (Å²) in [5.74, 6) is 1.75. The van der Waals surface area contributed by atoms with Crippen molar-refractivity contribution in [1.29, 1.82) is 0 Å². The minimum Gasteiger partial charge on any atom is -0.381 e. The van der Waals surface area contributed by atoms with E-state index in [4.69, 9.17) is 9.47 Å². The van der Waals surface area contributed by atoms with Gasteiger partial charge in [-0.1, -0.05) is 13.8 Å². The molecule has 130 valence electrons. The quantitative estimate of drug-likeness (QED) is 0.673. The summed E-state index contributed by atoms with van der Waals surface area (Å²) in [6, 6.07) is 0. The van der Waals surface area contributed by atoms with Crippen molar-refractivity contribution in [2.75, 3.05) is 7.11 Å². The molecule has 0 bridgehead atoms. The lowest BCUT2D eigenvalue weighted by atomic mass is 9.60. The lowest BCUT2D eigenvalue weighted by molar-refractivity contribution is -0.0897. The first-order valence-corrected chi connectivity index (χ1v) is 9.43. The third kappa shape index (κ3) is 4.71.